The largest absolute Gasteiger partial charge is 0.439 e. The molecule has 140 valence electrons. The highest BCUT2D eigenvalue weighted by molar-refractivity contribution is 7.89. The topological polar surface area (TPSA) is 93.2 Å². The first-order chi connectivity index (χ1) is 13.0. The number of hydrogen-bond donors (Lipinski definition) is 2. The van der Waals surface area contributed by atoms with Crippen molar-refractivity contribution >= 4 is 15.8 Å². The van der Waals surface area contributed by atoms with Crippen molar-refractivity contribution in [3.63, 3.8) is 0 Å². The second-order valence-electron chi connectivity index (χ2n) is 5.50. The molecule has 0 amide bonds. The predicted octanol–water partition coefficient (Wildman–Crippen LogP) is 2.93. The number of pyridine rings is 2. The Morgan fingerprint density at radius 3 is 2.52 bits per heavy atom. The van der Waals surface area contributed by atoms with Crippen LogP contribution in [0.15, 0.2) is 65.8 Å². The van der Waals surface area contributed by atoms with E-state index in [2.05, 4.69) is 20.0 Å². The van der Waals surface area contributed by atoms with Crippen LogP contribution >= 0.6 is 0 Å². The summed E-state index contributed by atoms with van der Waals surface area (Å²) >= 11 is 0. The fourth-order valence-corrected chi connectivity index (χ4v) is 2.87. The quantitative estimate of drug-likeness (QED) is 0.646. The smallest absolute Gasteiger partial charge is 0.241 e. The Bertz CT molecular complexity index is 1010. The van der Waals surface area contributed by atoms with E-state index >= 15 is 0 Å². The number of rotatable bonds is 7. The molecule has 0 saturated carbocycles. The van der Waals surface area contributed by atoms with Gasteiger partial charge >= 0.3 is 0 Å². The number of aromatic nitrogens is 2. The molecule has 27 heavy (non-hydrogen) atoms. The molecule has 0 fully saturated rings. The van der Waals surface area contributed by atoms with Crippen LogP contribution in [-0.4, -0.2) is 25.4 Å². The van der Waals surface area contributed by atoms with E-state index in [4.69, 9.17) is 4.74 Å². The summed E-state index contributed by atoms with van der Waals surface area (Å²) < 4.78 is 44.1. The van der Waals surface area contributed by atoms with Crippen LogP contribution in [0.25, 0.3) is 0 Å². The Morgan fingerprint density at radius 2 is 1.85 bits per heavy atom. The van der Waals surface area contributed by atoms with Crippen molar-refractivity contribution in [2.24, 2.45) is 0 Å². The van der Waals surface area contributed by atoms with E-state index in [1.807, 2.05) is 6.07 Å². The van der Waals surface area contributed by atoms with Gasteiger partial charge in [0.15, 0.2) is 0 Å². The van der Waals surface area contributed by atoms with Gasteiger partial charge in [-0.1, -0.05) is 0 Å². The predicted molar refractivity (Wildman–Crippen MR) is 98.5 cm³/mol. The Morgan fingerprint density at radius 1 is 1.07 bits per heavy atom. The van der Waals surface area contributed by atoms with Gasteiger partial charge in [-0.15, -0.1) is 0 Å². The molecule has 0 bridgehead atoms. The lowest BCUT2D eigenvalue weighted by molar-refractivity contribution is 0.460. The number of benzene rings is 1. The first-order valence-corrected chi connectivity index (χ1v) is 9.46. The number of anilines is 1. The molecule has 3 aromatic rings. The molecule has 0 unspecified atom stereocenters. The normalized spacial score (nSPS) is 11.2. The van der Waals surface area contributed by atoms with Crippen LogP contribution < -0.4 is 14.8 Å². The molecule has 0 atom stereocenters. The zero-order chi connectivity index (χ0) is 19.3. The molecular formula is C18H17FN4O3S. The lowest BCUT2D eigenvalue weighted by atomic mass is 10.2. The maximum Gasteiger partial charge on any atom is 0.241 e. The number of halogens is 1. The van der Waals surface area contributed by atoms with Crippen molar-refractivity contribution in [2.75, 3.05) is 12.4 Å². The first kappa shape index (κ1) is 18.7. The molecular weight excluding hydrogens is 371 g/mol. The summed E-state index contributed by atoms with van der Waals surface area (Å²) in [6, 6.07) is 12.3. The second kappa shape index (κ2) is 8.11. The van der Waals surface area contributed by atoms with Crippen molar-refractivity contribution < 1.29 is 17.5 Å². The van der Waals surface area contributed by atoms with Crippen molar-refractivity contribution in [3.8, 4) is 11.6 Å². The highest BCUT2D eigenvalue weighted by Gasteiger charge is 2.11. The van der Waals surface area contributed by atoms with Gasteiger partial charge in [-0.25, -0.2) is 27.5 Å². The number of nitrogens with zero attached hydrogens (tertiary/aromatic N) is 2. The van der Waals surface area contributed by atoms with Crippen LogP contribution in [0.1, 0.15) is 5.56 Å². The summed E-state index contributed by atoms with van der Waals surface area (Å²) in [6.45, 7) is 0.438. The van der Waals surface area contributed by atoms with E-state index in [-0.39, 0.29) is 10.7 Å². The van der Waals surface area contributed by atoms with Gasteiger partial charge in [-0.2, -0.15) is 0 Å². The zero-order valence-corrected chi connectivity index (χ0v) is 15.2. The molecule has 0 aliphatic carbocycles. The van der Waals surface area contributed by atoms with Gasteiger partial charge in [0.2, 0.25) is 15.9 Å². The average Bonchev–Trinajstić information content (AvgIpc) is 2.69. The second-order valence-corrected chi connectivity index (χ2v) is 7.39. The number of ether oxygens (including phenoxy) is 1. The standard InChI is InChI=1S/C18H17FN4O3S/c1-20-27(24,25)16-6-7-17(23-12-16)22-11-13-8-9-21-18(10-13)26-15-4-2-14(19)3-5-15/h2-10,12,20H,11H2,1H3,(H,22,23). The molecule has 0 spiro atoms. The Hall–Kier alpha value is -3.04. The third-order valence-corrected chi connectivity index (χ3v) is 5.02. The van der Waals surface area contributed by atoms with Crippen LogP contribution in [0.5, 0.6) is 11.6 Å². The van der Waals surface area contributed by atoms with E-state index in [1.54, 1.807) is 18.3 Å². The molecule has 0 aliphatic heterocycles. The average molecular weight is 388 g/mol. The van der Waals surface area contributed by atoms with E-state index in [0.717, 1.165) is 5.56 Å². The van der Waals surface area contributed by atoms with Gasteiger partial charge in [0.05, 0.1) is 0 Å². The first-order valence-electron chi connectivity index (χ1n) is 7.98. The number of nitrogens with one attached hydrogen (secondary N) is 2. The van der Waals surface area contributed by atoms with Gasteiger partial charge in [0.25, 0.3) is 0 Å². The van der Waals surface area contributed by atoms with Gasteiger partial charge < -0.3 is 10.1 Å². The van der Waals surface area contributed by atoms with Crippen molar-refractivity contribution in [1.82, 2.24) is 14.7 Å². The lowest BCUT2D eigenvalue weighted by Gasteiger charge is -2.09. The lowest BCUT2D eigenvalue weighted by Crippen LogP contribution is -2.18. The summed E-state index contributed by atoms with van der Waals surface area (Å²) in [4.78, 5) is 8.31. The summed E-state index contributed by atoms with van der Waals surface area (Å²) in [5, 5.41) is 3.10. The van der Waals surface area contributed by atoms with Crippen LogP contribution in [0.2, 0.25) is 0 Å². The number of hydrogen-bond acceptors (Lipinski definition) is 6. The van der Waals surface area contributed by atoms with E-state index in [1.165, 1.54) is 43.6 Å². The molecule has 1 aromatic carbocycles. The third kappa shape index (κ3) is 4.99. The maximum atomic E-state index is 12.9. The molecule has 2 N–H and O–H groups in total. The number of sulfonamides is 1. The summed E-state index contributed by atoms with van der Waals surface area (Å²) in [6.07, 6.45) is 2.88. The highest BCUT2D eigenvalue weighted by Crippen LogP contribution is 2.20. The maximum absolute atomic E-state index is 12.9. The Kier molecular flexibility index (Phi) is 5.63. The highest BCUT2D eigenvalue weighted by atomic mass is 32.2. The third-order valence-electron chi connectivity index (χ3n) is 3.62. The van der Waals surface area contributed by atoms with Crippen molar-refractivity contribution in [1.29, 1.82) is 0 Å². The molecule has 0 aliphatic rings. The van der Waals surface area contributed by atoms with Crippen LogP contribution in [0, 0.1) is 5.82 Å². The summed E-state index contributed by atoms with van der Waals surface area (Å²) in [7, 11) is -2.16. The monoisotopic (exact) mass is 388 g/mol. The molecule has 0 saturated heterocycles. The van der Waals surface area contributed by atoms with E-state index in [9.17, 15) is 12.8 Å². The minimum atomic E-state index is -3.51. The summed E-state index contributed by atoms with van der Waals surface area (Å²) in [5.41, 5.74) is 0.885. The molecule has 2 aromatic heterocycles. The van der Waals surface area contributed by atoms with Crippen molar-refractivity contribution in [2.45, 2.75) is 11.4 Å². The molecule has 2 heterocycles. The van der Waals surface area contributed by atoms with Gasteiger partial charge in [0, 0.05) is 25.0 Å². The minimum absolute atomic E-state index is 0.0921. The molecule has 7 nitrogen and oxygen atoms in total. The Labute approximate surface area is 156 Å². The SMILES string of the molecule is CNS(=O)(=O)c1ccc(NCc2ccnc(Oc3ccc(F)cc3)c2)nc1. The zero-order valence-electron chi connectivity index (χ0n) is 14.4. The van der Waals surface area contributed by atoms with Gasteiger partial charge in [-0.3, -0.25) is 0 Å². The van der Waals surface area contributed by atoms with E-state index < -0.39 is 10.0 Å². The van der Waals surface area contributed by atoms with Crippen LogP contribution in [0.4, 0.5) is 10.2 Å². The molecule has 9 heteroatoms. The van der Waals surface area contributed by atoms with Gasteiger partial charge in [0.1, 0.15) is 22.3 Å². The fourth-order valence-electron chi connectivity index (χ4n) is 2.19. The van der Waals surface area contributed by atoms with Gasteiger partial charge in [-0.05, 0) is 55.1 Å². The Balaban J connectivity index is 1.64. The van der Waals surface area contributed by atoms with E-state index in [0.29, 0.717) is 24.0 Å². The van der Waals surface area contributed by atoms with Crippen LogP contribution in [-0.2, 0) is 16.6 Å². The minimum Gasteiger partial charge on any atom is -0.439 e. The fraction of sp³-hybridized carbons (Fsp3) is 0.111. The van der Waals surface area contributed by atoms with Crippen LogP contribution in [0.3, 0.4) is 0 Å². The van der Waals surface area contributed by atoms with Crippen molar-refractivity contribution in [3.05, 3.63) is 72.3 Å². The molecule has 3 rings (SSSR count). The summed E-state index contributed by atoms with van der Waals surface area (Å²) in [5.74, 6) is 1.05. The molecule has 0 radical (unpaired) electrons.